The van der Waals surface area contributed by atoms with Crippen molar-refractivity contribution in [1.29, 1.82) is 0 Å². The molecule has 0 saturated carbocycles. The lowest BCUT2D eigenvalue weighted by Gasteiger charge is -2.16. The second kappa shape index (κ2) is 4.31. The Balaban J connectivity index is 2.30. The first-order valence-electron chi connectivity index (χ1n) is 5.93. The number of benzene rings is 2. The fraction of sp³-hybridized carbons (Fsp3) is 0.133. The zero-order chi connectivity index (χ0) is 13.4. The Hall–Kier alpha value is -2.49. The highest BCUT2D eigenvalue weighted by Crippen LogP contribution is 2.41. The van der Waals surface area contributed by atoms with Crippen LogP contribution in [0.25, 0.3) is 11.1 Å². The Kier molecular flexibility index (Phi) is 2.63. The number of hydrogen-bond donors (Lipinski definition) is 0. The van der Waals surface area contributed by atoms with Crippen molar-refractivity contribution in [1.82, 2.24) is 0 Å². The molecule has 2 aromatic rings. The monoisotopic (exact) mass is 255 g/mol. The van der Waals surface area contributed by atoms with Gasteiger partial charge in [-0.1, -0.05) is 18.2 Å². The molecule has 2 aromatic carbocycles. The van der Waals surface area contributed by atoms with Crippen LogP contribution in [0.5, 0.6) is 11.5 Å². The maximum absolute atomic E-state index is 12.0. The van der Waals surface area contributed by atoms with Gasteiger partial charge in [-0.25, -0.2) is 4.79 Å². The van der Waals surface area contributed by atoms with Crippen molar-refractivity contribution in [3.8, 4) is 22.6 Å². The second-order valence-corrected chi connectivity index (χ2v) is 4.31. The lowest BCUT2D eigenvalue weighted by atomic mass is 10.0. The average Bonchev–Trinajstić information content (AvgIpc) is 2.55. The van der Waals surface area contributed by atoms with Gasteiger partial charge in [0, 0.05) is 18.2 Å². The predicted molar refractivity (Wildman–Crippen MR) is 72.9 cm³/mol. The Labute approximate surface area is 111 Å². The number of methoxy groups -OCH3 is 1. The SMILES string of the molecule is COc1ccc2c(c1)-c1ccccc1OC(=O)N2C. The molecule has 0 atom stereocenters. The second-order valence-electron chi connectivity index (χ2n) is 4.31. The molecule has 0 saturated heterocycles. The van der Waals surface area contributed by atoms with E-state index in [1.165, 1.54) is 4.90 Å². The molecule has 0 aromatic heterocycles. The Morgan fingerprint density at radius 2 is 1.89 bits per heavy atom. The van der Waals surface area contributed by atoms with Crippen molar-refractivity contribution < 1.29 is 14.3 Å². The first-order chi connectivity index (χ1) is 9.20. The van der Waals surface area contributed by atoms with Gasteiger partial charge in [0.1, 0.15) is 11.5 Å². The highest BCUT2D eigenvalue weighted by atomic mass is 16.6. The van der Waals surface area contributed by atoms with E-state index in [2.05, 4.69) is 0 Å². The average molecular weight is 255 g/mol. The molecule has 1 amide bonds. The predicted octanol–water partition coefficient (Wildman–Crippen LogP) is 3.31. The van der Waals surface area contributed by atoms with E-state index in [1.807, 2.05) is 36.4 Å². The lowest BCUT2D eigenvalue weighted by molar-refractivity contribution is 0.209. The lowest BCUT2D eigenvalue weighted by Crippen LogP contribution is -2.28. The molecule has 3 rings (SSSR count). The molecule has 19 heavy (non-hydrogen) atoms. The van der Waals surface area contributed by atoms with Gasteiger partial charge < -0.3 is 9.47 Å². The fourth-order valence-corrected chi connectivity index (χ4v) is 2.19. The molecule has 0 spiro atoms. The van der Waals surface area contributed by atoms with Crippen molar-refractivity contribution in [2.75, 3.05) is 19.1 Å². The number of rotatable bonds is 1. The van der Waals surface area contributed by atoms with Crippen LogP contribution in [0.4, 0.5) is 10.5 Å². The molecule has 0 fully saturated rings. The maximum atomic E-state index is 12.0. The first kappa shape index (κ1) is 11.6. The Morgan fingerprint density at radius 1 is 1.11 bits per heavy atom. The number of ether oxygens (including phenoxy) is 2. The van der Waals surface area contributed by atoms with Gasteiger partial charge >= 0.3 is 6.09 Å². The first-order valence-corrected chi connectivity index (χ1v) is 5.93. The Bertz CT molecular complexity index is 652. The molecule has 1 aliphatic rings. The molecule has 0 aliphatic carbocycles. The largest absolute Gasteiger partial charge is 0.497 e. The summed E-state index contributed by atoms with van der Waals surface area (Å²) in [6.45, 7) is 0. The van der Waals surface area contributed by atoms with E-state index in [9.17, 15) is 4.79 Å². The summed E-state index contributed by atoms with van der Waals surface area (Å²) in [6, 6.07) is 13.1. The summed E-state index contributed by atoms with van der Waals surface area (Å²) in [7, 11) is 3.31. The van der Waals surface area contributed by atoms with Gasteiger partial charge in [-0.2, -0.15) is 0 Å². The van der Waals surface area contributed by atoms with Crippen LogP contribution >= 0.6 is 0 Å². The van der Waals surface area contributed by atoms with Crippen molar-refractivity contribution in [3.63, 3.8) is 0 Å². The van der Waals surface area contributed by atoms with E-state index < -0.39 is 6.09 Å². The number of hydrogen-bond acceptors (Lipinski definition) is 3. The van der Waals surface area contributed by atoms with Crippen LogP contribution in [0, 0.1) is 0 Å². The van der Waals surface area contributed by atoms with Gasteiger partial charge in [-0.3, -0.25) is 4.90 Å². The third kappa shape index (κ3) is 1.81. The molecule has 0 bridgehead atoms. The van der Waals surface area contributed by atoms with E-state index in [4.69, 9.17) is 9.47 Å². The summed E-state index contributed by atoms with van der Waals surface area (Å²) in [4.78, 5) is 13.5. The van der Waals surface area contributed by atoms with Crippen molar-refractivity contribution in [2.24, 2.45) is 0 Å². The van der Waals surface area contributed by atoms with Crippen LogP contribution in [-0.4, -0.2) is 20.3 Å². The number of amides is 1. The molecule has 0 unspecified atom stereocenters. The van der Waals surface area contributed by atoms with Gasteiger partial charge in [-0.05, 0) is 24.3 Å². The Morgan fingerprint density at radius 3 is 2.68 bits per heavy atom. The molecule has 0 radical (unpaired) electrons. The van der Waals surface area contributed by atoms with Crippen LogP contribution < -0.4 is 14.4 Å². The molecule has 4 heteroatoms. The normalized spacial score (nSPS) is 13.2. The van der Waals surface area contributed by atoms with Crippen LogP contribution in [0.1, 0.15) is 0 Å². The van der Waals surface area contributed by atoms with Gasteiger partial charge in [0.2, 0.25) is 0 Å². The van der Waals surface area contributed by atoms with Crippen LogP contribution in [0.2, 0.25) is 0 Å². The molecular formula is C15H13NO3. The molecular weight excluding hydrogens is 242 g/mol. The van der Waals surface area contributed by atoms with Gasteiger partial charge in [0.05, 0.1) is 12.8 Å². The summed E-state index contributed by atoms with van der Waals surface area (Å²) >= 11 is 0. The highest BCUT2D eigenvalue weighted by Gasteiger charge is 2.24. The van der Waals surface area contributed by atoms with E-state index in [0.29, 0.717) is 5.75 Å². The molecule has 0 N–H and O–H groups in total. The van der Waals surface area contributed by atoms with Crippen molar-refractivity contribution >= 4 is 11.8 Å². The third-order valence-electron chi connectivity index (χ3n) is 3.21. The third-order valence-corrected chi connectivity index (χ3v) is 3.21. The van der Waals surface area contributed by atoms with Crippen molar-refractivity contribution in [2.45, 2.75) is 0 Å². The van der Waals surface area contributed by atoms with Gasteiger partial charge in [0.15, 0.2) is 0 Å². The zero-order valence-corrected chi connectivity index (χ0v) is 10.7. The summed E-state index contributed by atoms with van der Waals surface area (Å²) in [5.41, 5.74) is 2.60. The minimum atomic E-state index is -0.392. The van der Waals surface area contributed by atoms with Crippen LogP contribution in [-0.2, 0) is 0 Å². The topological polar surface area (TPSA) is 38.8 Å². The quantitative estimate of drug-likeness (QED) is 0.784. The van der Waals surface area contributed by atoms with Crippen LogP contribution in [0.15, 0.2) is 42.5 Å². The minimum Gasteiger partial charge on any atom is -0.497 e. The number of fused-ring (bicyclic) bond motifs is 3. The van der Waals surface area contributed by atoms with E-state index in [1.54, 1.807) is 20.2 Å². The summed E-state index contributed by atoms with van der Waals surface area (Å²) in [5.74, 6) is 1.31. The zero-order valence-electron chi connectivity index (χ0n) is 10.7. The van der Waals surface area contributed by atoms with Crippen molar-refractivity contribution in [3.05, 3.63) is 42.5 Å². The van der Waals surface area contributed by atoms with E-state index >= 15 is 0 Å². The smallest absolute Gasteiger partial charge is 0.419 e. The molecule has 1 aliphatic heterocycles. The van der Waals surface area contributed by atoms with Gasteiger partial charge in [-0.15, -0.1) is 0 Å². The minimum absolute atomic E-state index is 0.392. The standard InChI is InChI=1S/C15H13NO3/c1-16-13-8-7-10(18-2)9-12(13)11-5-3-4-6-14(11)19-15(16)17/h3-9H,1-2H3. The summed E-state index contributed by atoms with van der Waals surface area (Å²) in [6.07, 6.45) is -0.392. The summed E-state index contributed by atoms with van der Waals surface area (Å²) < 4.78 is 10.6. The van der Waals surface area contributed by atoms with Crippen LogP contribution in [0.3, 0.4) is 0 Å². The molecule has 4 nitrogen and oxygen atoms in total. The number of anilines is 1. The van der Waals surface area contributed by atoms with E-state index in [0.717, 1.165) is 22.6 Å². The van der Waals surface area contributed by atoms with Gasteiger partial charge in [0.25, 0.3) is 0 Å². The number of nitrogens with zero attached hydrogens (tertiary/aromatic N) is 1. The molecule has 1 heterocycles. The number of para-hydroxylation sites is 1. The maximum Gasteiger partial charge on any atom is 0.419 e. The fourth-order valence-electron chi connectivity index (χ4n) is 2.19. The highest BCUT2D eigenvalue weighted by molar-refractivity contribution is 5.99. The number of carbonyl (C=O) groups excluding carboxylic acids is 1. The molecule has 96 valence electrons. The number of carbonyl (C=O) groups is 1. The summed E-state index contributed by atoms with van der Waals surface area (Å²) in [5, 5.41) is 0. The van der Waals surface area contributed by atoms with E-state index in [-0.39, 0.29) is 0 Å².